The maximum Gasteiger partial charge on any atom is 0.264 e. The number of carbonyl (C=O) groups is 1. The third-order valence-electron chi connectivity index (χ3n) is 5.06. The molecule has 8 heteroatoms. The van der Waals surface area contributed by atoms with Gasteiger partial charge in [-0.2, -0.15) is 5.10 Å². The molecule has 0 N–H and O–H groups in total. The first-order chi connectivity index (χ1) is 13.1. The van der Waals surface area contributed by atoms with E-state index < -0.39 is 0 Å². The van der Waals surface area contributed by atoms with E-state index in [2.05, 4.69) is 17.0 Å². The molecule has 27 heavy (non-hydrogen) atoms. The molecule has 1 aliphatic heterocycles. The lowest BCUT2D eigenvalue weighted by Gasteiger charge is -2.33. The number of aromatic nitrogens is 4. The van der Waals surface area contributed by atoms with Crippen molar-refractivity contribution in [3.05, 3.63) is 52.2 Å². The Balaban J connectivity index is 1.67. The number of halogens is 1. The van der Waals surface area contributed by atoms with Crippen molar-refractivity contribution in [2.45, 2.75) is 38.8 Å². The van der Waals surface area contributed by atoms with Crippen LogP contribution in [0.3, 0.4) is 0 Å². The van der Waals surface area contributed by atoms with Crippen molar-refractivity contribution in [1.82, 2.24) is 24.2 Å². The van der Waals surface area contributed by atoms with E-state index in [1.54, 1.807) is 6.07 Å². The van der Waals surface area contributed by atoms with Gasteiger partial charge in [0, 0.05) is 12.6 Å². The molecule has 4 rings (SSSR count). The highest BCUT2D eigenvalue weighted by Gasteiger charge is 2.24. The fourth-order valence-corrected chi connectivity index (χ4v) is 3.78. The molecule has 1 unspecified atom stereocenters. The number of carbonyl (C=O) groups excluding carboxylic acids is 1. The van der Waals surface area contributed by atoms with Gasteiger partial charge >= 0.3 is 0 Å². The molecule has 3 heterocycles. The summed E-state index contributed by atoms with van der Waals surface area (Å²) in [7, 11) is 0. The molecule has 0 saturated carbocycles. The zero-order chi connectivity index (χ0) is 19.0. The number of para-hydroxylation sites is 1. The third-order valence-corrected chi connectivity index (χ3v) is 5.38. The molecule has 1 saturated heterocycles. The van der Waals surface area contributed by atoms with Gasteiger partial charge in [-0.3, -0.25) is 14.2 Å². The van der Waals surface area contributed by atoms with E-state index in [1.165, 1.54) is 21.8 Å². The van der Waals surface area contributed by atoms with Crippen LogP contribution in [0.5, 0.6) is 0 Å². The number of hydrogen-bond donors (Lipinski definition) is 0. The third kappa shape index (κ3) is 3.23. The van der Waals surface area contributed by atoms with Gasteiger partial charge < -0.3 is 4.90 Å². The second kappa shape index (κ2) is 7.15. The van der Waals surface area contributed by atoms with Crippen molar-refractivity contribution in [3.8, 4) is 5.69 Å². The summed E-state index contributed by atoms with van der Waals surface area (Å²) in [4.78, 5) is 31.7. The molecule has 1 aliphatic rings. The molecular formula is C19H20ClN5O2. The summed E-state index contributed by atoms with van der Waals surface area (Å²) in [6.45, 7) is 2.78. The van der Waals surface area contributed by atoms with Crippen molar-refractivity contribution in [3.63, 3.8) is 0 Å². The summed E-state index contributed by atoms with van der Waals surface area (Å²) in [6.07, 6.45) is 6.03. The summed E-state index contributed by atoms with van der Waals surface area (Å²) in [5, 5.41) is 5.15. The monoisotopic (exact) mass is 385 g/mol. The largest absolute Gasteiger partial charge is 0.338 e. The first-order valence-corrected chi connectivity index (χ1v) is 9.41. The normalized spacial score (nSPS) is 17.4. The quantitative estimate of drug-likeness (QED) is 0.694. The standard InChI is InChI=1S/C19H20ClN5O2/c1-13-6-4-5-9-24(13)17(26)11-23-12-21-18-14(19(23)27)10-22-25(18)16-8-3-2-7-15(16)20/h2-3,7-8,10,12-13H,4-6,9,11H2,1H3. The van der Waals surface area contributed by atoms with E-state index in [1.807, 2.05) is 23.1 Å². The second-order valence-electron chi connectivity index (χ2n) is 6.85. The van der Waals surface area contributed by atoms with E-state index in [0.29, 0.717) is 21.7 Å². The van der Waals surface area contributed by atoms with Gasteiger partial charge in [-0.25, -0.2) is 9.67 Å². The zero-order valence-electron chi connectivity index (χ0n) is 15.0. The molecule has 140 valence electrons. The molecule has 0 radical (unpaired) electrons. The van der Waals surface area contributed by atoms with E-state index in [-0.39, 0.29) is 24.1 Å². The fraction of sp³-hybridized carbons (Fsp3) is 0.368. The number of amides is 1. The number of benzene rings is 1. The fourth-order valence-electron chi connectivity index (χ4n) is 3.57. The lowest BCUT2D eigenvalue weighted by Crippen LogP contribution is -2.44. The molecule has 0 spiro atoms. The van der Waals surface area contributed by atoms with Crippen LogP contribution in [0.4, 0.5) is 0 Å². The molecule has 0 aliphatic carbocycles. The van der Waals surface area contributed by atoms with E-state index in [9.17, 15) is 9.59 Å². The Hall–Kier alpha value is -2.67. The molecule has 1 atom stereocenters. The first-order valence-electron chi connectivity index (χ1n) is 9.04. The SMILES string of the molecule is CC1CCCCN1C(=O)Cn1cnc2c(cnn2-c2ccccc2Cl)c1=O. The van der Waals surface area contributed by atoms with Gasteiger partial charge in [0.1, 0.15) is 18.3 Å². The van der Waals surface area contributed by atoms with Crippen molar-refractivity contribution in [2.75, 3.05) is 6.54 Å². The minimum absolute atomic E-state index is 0.0105. The summed E-state index contributed by atoms with van der Waals surface area (Å²) < 4.78 is 2.89. The second-order valence-corrected chi connectivity index (χ2v) is 7.26. The maximum absolute atomic E-state index is 12.8. The molecule has 7 nitrogen and oxygen atoms in total. The van der Waals surface area contributed by atoms with Crippen LogP contribution in [0.15, 0.2) is 41.6 Å². The molecule has 3 aromatic rings. The number of likely N-dealkylation sites (tertiary alicyclic amines) is 1. The highest BCUT2D eigenvalue weighted by molar-refractivity contribution is 6.32. The summed E-state index contributed by atoms with van der Waals surface area (Å²) in [6, 6.07) is 7.44. The van der Waals surface area contributed by atoms with Crippen molar-refractivity contribution >= 4 is 28.5 Å². The zero-order valence-corrected chi connectivity index (χ0v) is 15.8. The average molecular weight is 386 g/mol. The number of nitrogens with zero attached hydrogens (tertiary/aromatic N) is 5. The van der Waals surface area contributed by atoms with E-state index in [0.717, 1.165) is 25.8 Å². The Morgan fingerprint density at radius 3 is 2.89 bits per heavy atom. The predicted octanol–water partition coefficient (Wildman–Crippen LogP) is 2.64. The summed E-state index contributed by atoms with van der Waals surface area (Å²) in [5.41, 5.74) is 0.788. The number of fused-ring (bicyclic) bond motifs is 1. The van der Waals surface area contributed by atoms with Gasteiger partial charge in [0.05, 0.1) is 16.9 Å². The Kier molecular flexibility index (Phi) is 4.70. The molecule has 1 fully saturated rings. The number of rotatable bonds is 3. The Labute approximate surface area is 161 Å². The predicted molar refractivity (Wildman–Crippen MR) is 103 cm³/mol. The smallest absolute Gasteiger partial charge is 0.264 e. The molecule has 1 aromatic carbocycles. The van der Waals surface area contributed by atoms with Crippen molar-refractivity contribution in [1.29, 1.82) is 0 Å². The van der Waals surface area contributed by atoms with Gasteiger partial charge in [-0.05, 0) is 38.3 Å². The van der Waals surface area contributed by atoms with Gasteiger partial charge in [0.25, 0.3) is 5.56 Å². The van der Waals surface area contributed by atoms with Gasteiger partial charge in [-0.15, -0.1) is 0 Å². The van der Waals surface area contributed by atoms with Crippen LogP contribution < -0.4 is 5.56 Å². The van der Waals surface area contributed by atoms with E-state index >= 15 is 0 Å². The summed E-state index contributed by atoms with van der Waals surface area (Å²) >= 11 is 6.23. The van der Waals surface area contributed by atoms with Crippen LogP contribution in [0, 0.1) is 0 Å². The maximum atomic E-state index is 12.8. The molecular weight excluding hydrogens is 366 g/mol. The van der Waals surface area contributed by atoms with Crippen LogP contribution in [0.25, 0.3) is 16.7 Å². The van der Waals surface area contributed by atoms with Crippen LogP contribution in [0.2, 0.25) is 5.02 Å². The Morgan fingerprint density at radius 1 is 1.30 bits per heavy atom. The Morgan fingerprint density at radius 2 is 2.11 bits per heavy atom. The van der Waals surface area contributed by atoms with Crippen LogP contribution >= 0.6 is 11.6 Å². The van der Waals surface area contributed by atoms with Crippen LogP contribution in [-0.2, 0) is 11.3 Å². The van der Waals surface area contributed by atoms with Crippen LogP contribution in [0.1, 0.15) is 26.2 Å². The average Bonchev–Trinajstić information content (AvgIpc) is 3.09. The highest BCUT2D eigenvalue weighted by atomic mass is 35.5. The van der Waals surface area contributed by atoms with Gasteiger partial charge in [0.2, 0.25) is 5.91 Å². The van der Waals surface area contributed by atoms with E-state index in [4.69, 9.17) is 11.6 Å². The Bertz CT molecular complexity index is 1060. The van der Waals surface area contributed by atoms with Crippen LogP contribution in [-0.4, -0.2) is 42.7 Å². The van der Waals surface area contributed by atoms with Crippen molar-refractivity contribution < 1.29 is 4.79 Å². The topological polar surface area (TPSA) is 73.0 Å². The minimum atomic E-state index is -0.281. The molecule has 0 bridgehead atoms. The lowest BCUT2D eigenvalue weighted by molar-refractivity contribution is -0.135. The number of piperidine rings is 1. The van der Waals surface area contributed by atoms with Gasteiger partial charge in [-0.1, -0.05) is 23.7 Å². The molecule has 1 amide bonds. The lowest BCUT2D eigenvalue weighted by atomic mass is 10.0. The minimum Gasteiger partial charge on any atom is -0.338 e. The highest BCUT2D eigenvalue weighted by Crippen LogP contribution is 2.22. The molecule has 2 aromatic heterocycles. The van der Waals surface area contributed by atoms with Gasteiger partial charge in [0.15, 0.2) is 5.65 Å². The van der Waals surface area contributed by atoms with Crippen molar-refractivity contribution in [2.24, 2.45) is 0 Å². The first kappa shape index (κ1) is 17.7. The summed E-state index contributed by atoms with van der Waals surface area (Å²) in [5.74, 6) is -0.0519. The number of hydrogen-bond acceptors (Lipinski definition) is 4.